The number of amides is 1. The third-order valence-electron chi connectivity index (χ3n) is 16.7. The van der Waals surface area contributed by atoms with Crippen LogP contribution in [0.15, 0.2) is 84.5 Å². The summed E-state index contributed by atoms with van der Waals surface area (Å²) in [4.78, 5) is 32.3. The Hall–Kier alpha value is -3.26. The van der Waals surface area contributed by atoms with Crippen molar-refractivity contribution in [3.05, 3.63) is 94.9 Å². The molecule has 0 radical (unpaired) electrons. The summed E-state index contributed by atoms with van der Waals surface area (Å²) in [6, 6.07) is 20.4. The third kappa shape index (κ3) is 5.67. The molecule has 298 valence electrons. The molecule has 6 nitrogen and oxygen atoms in total. The second-order valence-corrected chi connectivity index (χ2v) is 21.0. The van der Waals surface area contributed by atoms with Gasteiger partial charge in [0, 0.05) is 33.1 Å². The summed E-state index contributed by atoms with van der Waals surface area (Å²) >= 11 is 1.57. The van der Waals surface area contributed by atoms with Crippen LogP contribution in [0.2, 0.25) is 0 Å². The van der Waals surface area contributed by atoms with Crippen LogP contribution in [0.5, 0.6) is 0 Å². The molecule has 10 rings (SSSR count). The zero-order valence-electron chi connectivity index (χ0n) is 34.0. The molecular weight excluding hydrogens is 715 g/mol. The summed E-state index contributed by atoms with van der Waals surface area (Å²) in [5.41, 5.74) is -0.922. The zero-order valence-corrected chi connectivity index (χ0v) is 34.8. The maximum atomic E-state index is 15.2. The van der Waals surface area contributed by atoms with Crippen molar-refractivity contribution in [1.82, 2.24) is 4.90 Å². The van der Waals surface area contributed by atoms with Gasteiger partial charge in [0.15, 0.2) is 5.78 Å². The van der Waals surface area contributed by atoms with Crippen molar-refractivity contribution in [2.24, 2.45) is 51.2 Å². The minimum Gasteiger partial charge on any atom is -0.446 e. The van der Waals surface area contributed by atoms with E-state index in [1.54, 1.807) is 16.2 Å². The van der Waals surface area contributed by atoms with Crippen LogP contribution in [0, 0.1) is 51.2 Å². The van der Waals surface area contributed by atoms with Crippen LogP contribution in [-0.2, 0) is 11.3 Å². The molecule has 7 heteroatoms. The first-order valence-electron chi connectivity index (χ1n) is 21.6. The van der Waals surface area contributed by atoms with Crippen molar-refractivity contribution in [2.45, 2.75) is 123 Å². The summed E-state index contributed by atoms with van der Waals surface area (Å²) in [6.07, 6.45) is 14.6. The standard InChI is InChI=1S/C49H61NO5S/c1-31(2)36-16-15-32(3)25-38(36)55-44(53)50(29-33-11-7-6-8-12-33)30-48(54)22-19-42-46(48,5)21-18-41-45(4)20-17-35(51)27-47(45)23-24-49(41,42)37(28-47)43(52)40-26-34-13-9-10-14-39(34)56-40/h6-14,23-24,26,28,31-32,35-36,38,41-42,51,54H,15-22,25,27,29-30H2,1-5H3. The second-order valence-electron chi connectivity index (χ2n) is 19.9. The minimum absolute atomic E-state index is 0.000615. The van der Waals surface area contributed by atoms with Crippen molar-refractivity contribution in [3.63, 3.8) is 0 Å². The lowest BCUT2D eigenvalue weighted by molar-refractivity contribution is -0.175. The number of allylic oxidation sites excluding steroid dienone is 4. The lowest BCUT2D eigenvalue weighted by atomic mass is 9.32. The van der Waals surface area contributed by atoms with Crippen molar-refractivity contribution >= 4 is 33.3 Å². The average molecular weight is 776 g/mol. The third-order valence-corrected chi connectivity index (χ3v) is 17.9. The van der Waals surface area contributed by atoms with E-state index in [0.29, 0.717) is 37.1 Å². The lowest BCUT2D eigenvalue weighted by Crippen LogP contribution is -2.67. The van der Waals surface area contributed by atoms with Gasteiger partial charge in [0.25, 0.3) is 0 Å². The summed E-state index contributed by atoms with van der Waals surface area (Å²) in [5.74, 6) is 1.54. The monoisotopic (exact) mass is 775 g/mol. The molecule has 1 amide bonds. The highest BCUT2D eigenvalue weighted by Gasteiger charge is 2.74. The van der Waals surface area contributed by atoms with E-state index in [1.165, 1.54) is 0 Å². The number of nitrogens with zero attached hydrogens (tertiary/aromatic N) is 1. The number of Topliss-reactive ketones (excluding diaryl/α,β-unsaturated/α-hetero) is 1. The molecule has 7 aliphatic carbocycles. The normalized spacial score (nSPS) is 39.8. The van der Waals surface area contributed by atoms with E-state index in [2.05, 4.69) is 71.0 Å². The molecule has 11 unspecified atom stereocenters. The van der Waals surface area contributed by atoms with Crippen molar-refractivity contribution in [2.75, 3.05) is 6.54 Å². The fourth-order valence-corrected chi connectivity index (χ4v) is 14.6. The maximum absolute atomic E-state index is 15.2. The Morgan fingerprint density at radius 1 is 0.911 bits per heavy atom. The molecule has 1 heterocycles. The highest BCUT2D eigenvalue weighted by atomic mass is 32.1. The molecule has 4 saturated carbocycles. The van der Waals surface area contributed by atoms with Crippen LogP contribution in [0.25, 0.3) is 10.1 Å². The molecule has 0 saturated heterocycles. The van der Waals surface area contributed by atoms with Gasteiger partial charge >= 0.3 is 6.09 Å². The van der Waals surface area contributed by atoms with Crippen molar-refractivity contribution in [1.29, 1.82) is 0 Å². The first-order valence-corrected chi connectivity index (χ1v) is 22.4. The molecular formula is C49H61NO5S. The SMILES string of the molecule is CC1CCC(C(C)C)C(OC(=O)N(Cc2ccccc2)CC2(O)CCC3C45C=CC6(C=C4C(=O)c4cc7ccccc7s4)CC(O)CCC6(C)C5CCC32C)C1. The molecule has 3 aromatic rings. The first-order chi connectivity index (χ1) is 26.7. The quantitative estimate of drug-likeness (QED) is 0.176. The number of aliphatic hydroxyl groups excluding tert-OH is 1. The molecule has 1 aromatic heterocycles. The largest absolute Gasteiger partial charge is 0.446 e. The van der Waals surface area contributed by atoms with E-state index in [9.17, 15) is 15.0 Å². The van der Waals surface area contributed by atoms with E-state index in [1.807, 2.05) is 42.5 Å². The molecule has 0 aliphatic heterocycles. The highest BCUT2D eigenvalue weighted by molar-refractivity contribution is 7.21. The predicted octanol–water partition coefficient (Wildman–Crippen LogP) is 10.8. The molecule has 56 heavy (non-hydrogen) atoms. The number of rotatable bonds is 8. The van der Waals surface area contributed by atoms with Gasteiger partial charge in [-0.15, -0.1) is 11.3 Å². The summed E-state index contributed by atoms with van der Waals surface area (Å²) in [6.45, 7) is 12.0. The van der Waals surface area contributed by atoms with Gasteiger partial charge in [0.1, 0.15) is 6.10 Å². The molecule has 4 fully saturated rings. The zero-order chi connectivity index (χ0) is 39.3. The van der Waals surface area contributed by atoms with Crippen molar-refractivity contribution < 1.29 is 24.5 Å². The van der Waals surface area contributed by atoms with Gasteiger partial charge in [-0.25, -0.2) is 4.79 Å². The fourth-order valence-electron chi connectivity index (χ4n) is 13.6. The molecule has 11 atom stereocenters. The number of hydrogen-bond donors (Lipinski definition) is 2. The van der Waals surface area contributed by atoms with Crippen LogP contribution in [0.4, 0.5) is 4.79 Å². The molecule has 2 N–H and O–H groups in total. The molecule has 2 spiro atoms. The number of aliphatic hydroxyl groups is 2. The number of hydrogen-bond acceptors (Lipinski definition) is 6. The Labute approximate surface area is 337 Å². The minimum atomic E-state index is -1.18. The second kappa shape index (κ2) is 13.7. The Morgan fingerprint density at radius 2 is 1.62 bits per heavy atom. The van der Waals surface area contributed by atoms with Gasteiger partial charge in [0.2, 0.25) is 0 Å². The van der Waals surface area contributed by atoms with Crippen molar-refractivity contribution in [3.8, 4) is 0 Å². The predicted molar refractivity (Wildman–Crippen MR) is 223 cm³/mol. The fraction of sp³-hybridized carbons (Fsp3) is 0.592. The van der Waals surface area contributed by atoms with E-state index in [0.717, 1.165) is 77.5 Å². The number of benzene rings is 2. The summed E-state index contributed by atoms with van der Waals surface area (Å²) in [7, 11) is 0. The number of ether oxygens (including phenoxy) is 1. The summed E-state index contributed by atoms with van der Waals surface area (Å²) < 4.78 is 7.63. The highest BCUT2D eigenvalue weighted by Crippen LogP contribution is 2.78. The Kier molecular flexibility index (Phi) is 9.34. The molecule has 7 aliphatic rings. The maximum Gasteiger partial charge on any atom is 0.410 e. The molecule has 2 bridgehead atoms. The van der Waals surface area contributed by atoms with Crippen LogP contribution < -0.4 is 0 Å². The number of fused-ring (bicyclic) bond motifs is 2. The average Bonchev–Trinajstić information content (AvgIpc) is 3.73. The van der Waals surface area contributed by atoms with Crippen LogP contribution in [-0.4, -0.2) is 51.3 Å². The van der Waals surface area contributed by atoms with Crippen LogP contribution >= 0.6 is 11.3 Å². The topological polar surface area (TPSA) is 87.1 Å². The number of thiophene rings is 1. The van der Waals surface area contributed by atoms with E-state index >= 15 is 4.79 Å². The number of carbonyl (C=O) groups is 2. The van der Waals surface area contributed by atoms with E-state index < -0.39 is 22.5 Å². The van der Waals surface area contributed by atoms with Gasteiger partial charge < -0.3 is 19.8 Å². The van der Waals surface area contributed by atoms with Crippen LogP contribution in [0.1, 0.15) is 114 Å². The molecule has 2 aromatic carbocycles. The smallest absolute Gasteiger partial charge is 0.410 e. The van der Waals surface area contributed by atoms with Crippen LogP contribution in [0.3, 0.4) is 0 Å². The Bertz CT molecular complexity index is 2040. The van der Waals surface area contributed by atoms with E-state index in [-0.39, 0.29) is 47.2 Å². The van der Waals surface area contributed by atoms with E-state index in [4.69, 9.17) is 4.74 Å². The van der Waals surface area contributed by atoms with Gasteiger partial charge in [-0.05, 0) is 116 Å². The Balaban J connectivity index is 1.09. The van der Waals surface area contributed by atoms with Gasteiger partial charge in [-0.3, -0.25) is 4.79 Å². The Morgan fingerprint density at radius 3 is 2.39 bits per heavy atom. The van der Waals surface area contributed by atoms with Gasteiger partial charge in [0.05, 0.1) is 23.1 Å². The number of carbonyl (C=O) groups excluding carboxylic acids is 2. The van der Waals surface area contributed by atoms with Gasteiger partial charge in [-0.2, -0.15) is 0 Å². The first kappa shape index (κ1) is 38.3. The van der Waals surface area contributed by atoms with Gasteiger partial charge in [-0.1, -0.05) is 108 Å². The lowest BCUT2D eigenvalue weighted by Gasteiger charge is -2.71. The number of ketones is 1. The summed E-state index contributed by atoms with van der Waals surface area (Å²) in [5, 5.41) is 25.5.